The van der Waals surface area contributed by atoms with Gasteiger partial charge in [-0.3, -0.25) is 14.2 Å². The van der Waals surface area contributed by atoms with Gasteiger partial charge in [-0.2, -0.15) is 0 Å². The van der Waals surface area contributed by atoms with E-state index in [2.05, 4.69) is 32.2 Å². The molecule has 1 aromatic heterocycles. The highest BCUT2D eigenvalue weighted by molar-refractivity contribution is 7.99. The Morgan fingerprint density at radius 2 is 1.71 bits per heavy atom. The molecule has 3 aromatic carbocycles. The quantitative estimate of drug-likeness (QED) is 0.246. The second-order valence-electron chi connectivity index (χ2n) is 8.31. The number of rotatable bonds is 8. The monoisotopic (exact) mass is 471 g/mol. The van der Waals surface area contributed by atoms with Crippen molar-refractivity contribution < 1.29 is 4.79 Å². The fraction of sp³-hybridized carbons (Fsp3) is 0.250. The van der Waals surface area contributed by atoms with Crippen molar-refractivity contribution in [2.24, 2.45) is 0 Å². The maximum Gasteiger partial charge on any atom is 0.266 e. The highest BCUT2D eigenvalue weighted by Crippen LogP contribution is 2.27. The zero-order valence-electron chi connectivity index (χ0n) is 19.7. The lowest BCUT2D eigenvalue weighted by Gasteiger charge is -2.16. The number of fused-ring (bicyclic) bond motifs is 1. The molecule has 1 N–H and O–H groups in total. The fourth-order valence-electron chi connectivity index (χ4n) is 3.89. The Labute approximate surface area is 204 Å². The molecule has 0 aliphatic carbocycles. The first kappa shape index (κ1) is 23.8. The molecule has 4 aromatic rings. The molecule has 0 saturated carbocycles. The van der Waals surface area contributed by atoms with Crippen LogP contribution in [0.4, 0.5) is 5.69 Å². The van der Waals surface area contributed by atoms with Gasteiger partial charge in [-0.1, -0.05) is 75.0 Å². The first-order valence-corrected chi connectivity index (χ1v) is 12.6. The number of hydrogen-bond donors (Lipinski definition) is 1. The van der Waals surface area contributed by atoms with Crippen molar-refractivity contribution in [2.75, 3.05) is 11.1 Å². The average Bonchev–Trinajstić information content (AvgIpc) is 2.87. The third kappa shape index (κ3) is 5.07. The number of aryl methyl sites for hydroxylation is 1. The third-order valence-corrected chi connectivity index (χ3v) is 7.00. The first-order valence-electron chi connectivity index (χ1n) is 11.6. The minimum Gasteiger partial charge on any atom is -0.325 e. The molecule has 1 unspecified atom stereocenters. The summed E-state index contributed by atoms with van der Waals surface area (Å²) in [5.74, 6) is 0.366. The number of benzene rings is 3. The maximum absolute atomic E-state index is 13.4. The van der Waals surface area contributed by atoms with Gasteiger partial charge in [0.2, 0.25) is 5.91 Å². The van der Waals surface area contributed by atoms with E-state index in [1.165, 1.54) is 17.3 Å². The number of para-hydroxylation sites is 2. The number of thioether (sulfide) groups is 1. The van der Waals surface area contributed by atoms with Crippen molar-refractivity contribution >= 4 is 34.3 Å². The van der Waals surface area contributed by atoms with Crippen LogP contribution >= 0.6 is 11.8 Å². The third-order valence-electron chi connectivity index (χ3n) is 6.06. The van der Waals surface area contributed by atoms with Crippen molar-refractivity contribution in [1.82, 2.24) is 9.55 Å². The van der Waals surface area contributed by atoms with Gasteiger partial charge in [0, 0.05) is 5.69 Å². The van der Waals surface area contributed by atoms with Gasteiger partial charge in [0.25, 0.3) is 5.56 Å². The molecule has 0 bridgehead atoms. The van der Waals surface area contributed by atoms with Crippen LogP contribution in [0.3, 0.4) is 0 Å². The van der Waals surface area contributed by atoms with Crippen molar-refractivity contribution in [3.8, 4) is 5.69 Å². The Kier molecular flexibility index (Phi) is 7.48. The zero-order chi connectivity index (χ0) is 24.1. The van der Waals surface area contributed by atoms with E-state index >= 15 is 0 Å². The van der Waals surface area contributed by atoms with Crippen molar-refractivity contribution in [3.63, 3.8) is 0 Å². The van der Waals surface area contributed by atoms with E-state index in [-0.39, 0.29) is 17.2 Å². The number of nitrogens with zero attached hydrogens (tertiary/aromatic N) is 2. The van der Waals surface area contributed by atoms with Crippen LogP contribution in [-0.4, -0.2) is 21.2 Å². The van der Waals surface area contributed by atoms with Crippen molar-refractivity contribution in [1.29, 1.82) is 0 Å². The van der Waals surface area contributed by atoms with Crippen LogP contribution in [0.1, 0.15) is 44.2 Å². The number of anilines is 1. The summed E-state index contributed by atoms with van der Waals surface area (Å²) in [4.78, 5) is 31.0. The first-order chi connectivity index (χ1) is 16.5. The van der Waals surface area contributed by atoms with Gasteiger partial charge < -0.3 is 5.32 Å². The summed E-state index contributed by atoms with van der Waals surface area (Å²) in [7, 11) is 0. The van der Waals surface area contributed by atoms with E-state index in [9.17, 15) is 9.59 Å². The van der Waals surface area contributed by atoms with Crippen LogP contribution in [0.15, 0.2) is 82.7 Å². The van der Waals surface area contributed by atoms with Gasteiger partial charge in [-0.15, -0.1) is 0 Å². The van der Waals surface area contributed by atoms with E-state index in [0.29, 0.717) is 22.0 Å². The molecule has 0 aliphatic rings. The molecule has 0 fully saturated rings. The van der Waals surface area contributed by atoms with Gasteiger partial charge in [-0.05, 0) is 60.2 Å². The van der Waals surface area contributed by atoms with Crippen LogP contribution in [0.5, 0.6) is 0 Å². The lowest BCUT2D eigenvalue weighted by Crippen LogP contribution is -2.23. The normalized spacial score (nSPS) is 12.0. The Balaban J connectivity index is 1.64. The van der Waals surface area contributed by atoms with E-state index in [1.54, 1.807) is 10.6 Å². The molecule has 0 aliphatic heterocycles. The lowest BCUT2D eigenvalue weighted by molar-refractivity contribution is -0.113. The second kappa shape index (κ2) is 10.7. The van der Waals surface area contributed by atoms with Gasteiger partial charge >= 0.3 is 0 Å². The van der Waals surface area contributed by atoms with Crippen LogP contribution in [0, 0.1) is 0 Å². The fourth-order valence-corrected chi connectivity index (χ4v) is 4.71. The van der Waals surface area contributed by atoms with Gasteiger partial charge in [-0.25, -0.2) is 4.98 Å². The summed E-state index contributed by atoms with van der Waals surface area (Å²) >= 11 is 1.27. The summed E-state index contributed by atoms with van der Waals surface area (Å²) in [6.07, 6.45) is 1.91. The molecule has 0 radical (unpaired) electrons. The molecule has 0 spiro atoms. The number of amides is 1. The predicted molar refractivity (Wildman–Crippen MR) is 141 cm³/mol. The van der Waals surface area contributed by atoms with E-state index in [4.69, 9.17) is 4.98 Å². The predicted octanol–water partition coefficient (Wildman–Crippen LogP) is 6.19. The van der Waals surface area contributed by atoms with E-state index in [1.807, 2.05) is 60.7 Å². The molecule has 174 valence electrons. The average molecular weight is 472 g/mol. The zero-order valence-corrected chi connectivity index (χ0v) is 20.6. The molecular formula is C28H29N3O2S. The van der Waals surface area contributed by atoms with Crippen LogP contribution in [0.25, 0.3) is 16.6 Å². The SMILES string of the molecule is CCc1ccc(-n2c(SCC(=O)Nc3ccccc3C(C)CC)nc3ccccc3c2=O)cc1. The lowest BCUT2D eigenvalue weighted by atomic mass is 9.97. The molecule has 34 heavy (non-hydrogen) atoms. The Morgan fingerprint density at radius 1 is 1.00 bits per heavy atom. The van der Waals surface area contributed by atoms with Gasteiger partial charge in [0.15, 0.2) is 5.16 Å². The molecule has 1 heterocycles. The van der Waals surface area contributed by atoms with Crippen LogP contribution < -0.4 is 10.9 Å². The highest BCUT2D eigenvalue weighted by atomic mass is 32.2. The van der Waals surface area contributed by atoms with Gasteiger partial charge in [0.1, 0.15) is 0 Å². The standard InChI is InChI=1S/C28H29N3O2S/c1-4-19(3)22-10-6-8-12-24(22)29-26(32)18-34-28-30-25-13-9-7-11-23(25)27(33)31(28)21-16-14-20(5-2)15-17-21/h6-17,19H,4-5,18H2,1-3H3,(H,29,32). The molecular weight excluding hydrogens is 442 g/mol. The second-order valence-corrected chi connectivity index (χ2v) is 9.25. The smallest absolute Gasteiger partial charge is 0.266 e. The topological polar surface area (TPSA) is 64.0 Å². The summed E-state index contributed by atoms with van der Waals surface area (Å²) < 4.78 is 1.60. The molecule has 4 rings (SSSR count). The van der Waals surface area contributed by atoms with Crippen LogP contribution in [-0.2, 0) is 11.2 Å². The number of nitrogens with one attached hydrogen (secondary N) is 1. The largest absolute Gasteiger partial charge is 0.325 e. The highest BCUT2D eigenvalue weighted by Gasteiger charge is 2.16. The van der Waals surface area contributed by atoms with Gasteiger partial charge in [0.05, 0.1) is 22.3 Å². The molecule has 1 atom stereocenters. The molecule has 0 saturated heterocycles. The van der Waals surface area contributed by atoms with Crippen molar-refractivity contribution in [2.45, 2.75) is 44.7 Å². The molecule has 1 amide bonds. The Bertz CT molecular complexity index is 1360. The summed E-state index contributed by atoms with van der Waals surface area (Å²) in [5, 5.41) is 4.10. The summed E-state index contributed by atoms with van der Waals surface area (Å²) in [6.45, 7) is 6.39. The molecule has 6 heteroatoms. The van der Waals surface area contributed by atoms with Crippen LogP contribution in [0.2, 0.25) is 0 Å². The Hall–Kier alpha value is -3.38. The Morgan fingerprint density at radius 3 is 2.44 bits per heavy atom. The number of carbonyl (C=O) groups excluding carboxylic acids is 1. The minimum absolute atomic E-state index is 0.129. The maximum atomic E-state index is 13.4. The van der Waals surface area contributed by atoms with E-state index < -0.39 is 0 Å². The molecule has 5 nitrogen and oxygen atoms in total. The number of carbonyl (C=O) groups is 1. The van der Waals surface area contributed by atoms with Crippen molar-refractivity contribution in [3.05, 3.63) is 94.3 Å². The number of hydrogen-bond acceptors (Lipinski definition) is 4. The number of aromatic nitrogens is 2. The van der Waals surface area contributed by atoms with E-state index in [0.717, 1.165) is 29.8 Å². The minimum atomic E-state index is -0.139. The summed E-state index contributed by atoms with van der Waals surface area (Å²) in [6, 6.07) is 23.1. The summed E-state index contributed by atoms with van der Waals surface area (Å²) in [5.41, 5.74) is 4.38.